The zero-order valence-electron chi connectivity index (χ0n) is 11.8. The average molecular weight is 266 g/mol. The van der Waals surface area contributed by atoms with Gasteiger partial charge in [-0.15, -0.1) is 0 Å². The van der Waals surface area contributed by atoms with Gasteiger partial charge in [-0.25, -0.2) is 4.39 Å². The largest absolute Gasteiger partial charge is 0.494 e. The van der Waals surface area contributed by atoms with Gasteiger partial charge in [0.15, 0.2) is 0 Å². The summed E-state index contributed by atoms with van der Waals surface area (Å²) in [6.45, 7) is 7.02. The lowest BCUT2D eigenvalue weighted by Gasteiger charge is -2.27. The van der Waals surface area contributed by atoms with Crippen LogP contribution in [0, 0.1) is 11.7 Å². The summed E-state index contributed by atoms with van der Waals surface area (Å²) >= 11 is 0. The molecule has 0 unspecified atom stereocenters. The molecule has 106 valence electrons. The fraction of sp³-hybridized carbons (Fsp3) is 0.625. The summed E-state index contributed by atoms with van der Waals surface area (Å²) in [6.07, 6.45) is 5.05. The van der Waals surface area contributed by atoms with Gasteiger partial charge in [0, 0.05) is 0 Å². The van der Waals surface area contributed by atoms with Gasteiger partial charge < -0.3 is 9.64 Å². The second kappa shape index (κ2) is 7.49. The third-order valence-corrected chi connectivity index (χ3v) is 3.99. The quantitative estimate of drug-likeness (QED) is 0.780. The van der Waals surface area contributed by atoms with Crippen molar-refractivity contribution in [1.29, 1.82) is 0 Å². The van der Waals surface area contributed by atoms with Crippen molar-refractivity contribution in [3.05, 3.63) is 30.1 Å². The predicted octanol–water partition coefficient (Wildman–Crippen LogP) is 2.30. The first-order valence-electron chi connectivity index (χ1n) is 7.46. The van der Waals surface area contributed by atoms with Crippen LogP contribution in [0.1, 0.15) is 32.6 Å². The minimum Gasteiger partial charge on any atom is -0.494 e. The van der Waals surface area contributed by atoms with E-state index in [1.807, 2.05) is 0 Å². The van der Waals surface area contributed by atoms with Gasteiger partial charge in [0.2, 0.25) is 0 Å². The lowest BCUT2D eigenvalue weighted by Crippen LogP contribution is -3.13. The van der Waals surface area contributed by atoms with Crippen LogP contribution in [-0.4, -0.2) is 26.2 Å². The number of likely N-dealkylation sites (tertiary alicyclic amines) is 1. The van der Waals surface area contributed by atoms with Crippen LogP contribution in [0.3, 0.4) is 0 Å². The lowest BCUT2D eigenvalue weighted by atomic mass is 9.99. The zero-order chi connectivity index (χ0) is 13.5. The molecule has 1 aliphatic heterocycles. The highest BCUT2D eigenvalue weighted by molar-refractivity contribution is 5.21. The number of piperidine rings is 1. The van der Waals surface area contributed by atoms with E-state index < -0.39 is 0 Å². The number of nitrogens with one attached hydrogen (secondary N) is 1. The Bertz CT molecular complexity index is 358. The molecule has 0 spiro atoms. The third kappa shape index (κ3) is 5.19. The monoisotopic (exact) mass is 266 g/mol. The molecule has 0 saturated carbocycles. The van der Waals surface area contributed by atoms with E-state index in [1.165, 1.54) is 51.0 Å². The first-order chi connectivity index (χ1) is 9.24. The number of benzene rings is 1. The molecule has 1 aromatic carbocycles. The fourth-order valence-corrected chi connectivity index (χ4v) is 2.62. The van der Waals surface area contributed by atoms with E-state index in [-0.39, 0.29) is 5.82 Å². The lowest BCUT2D eigenvalue weighted by molar-refractivity contribution is -0.906. The second-order valence-corrected chi connectivity index (χ2v) is 5.69. The van der Waals surface area contributed by atoms with Crippen LogP contribution in [-0.2, 0) is 0 Å². The molecule has 2 nitrogen and oxygen atoms in total. The summed E-state index contributed by atoms with van der Waals surface area (Å²) in [5.41, 5.74) is 0. The third-order valence-electron chi connectivity index (χ3n) is 3.99. The van der Waals surface area contributed by atoms with E-state index >= 15 is 0 Å². The minimum absolute atomic E-state index is 0.213. The highest BCUT2D eigenvalue weighted by Crippen LogP contribution is 2.11. The molecule has 1 saturated heterocycles. The fourth-order valence-electron chi connectivity index (χ4n) is 2.62. The van der Waals surface area contributed by atoms with Crippen molar-refractivity contribution < 1.29 is 14.0 Å². The molecule has 3 heteroatoms. The Morgan fingerprint density at radius 3 is 2.53 bits per heavy atom. The Labute approximate surface area is 115 Å². The SMILES string of the molecule is CC1CC[NH+](CCCCOc2ccc(F)cc2)CC1. The van der Waals surface area contributed by atoms with Crippen molar-refractivity contribution >= 4 is 0 Å². The van der Waals surface area contributed by atoms with E-state index in [9.17, 15) is 4.39 Å². The highest BCUT2D eigenvalue weighted by atomic mass is 19.1. The van der Waals surface area contributed by atoms with Crippen molar-refractivity contribution in [3.8, 4) is 5.75 Å². The predicted molar refractivity (Wildman–Crippen MR) is 75.1 cm³/mol. The number of unbranched alkanes of at least 4 members (excludes halogenated alkanes) is 1. The Morgan fingerprint density at radius 1 is 1.16 bits per heavy atom. The molecule has 1 heterocycles. The van der Waals surface area contributed by atoms with Crippen LogP contribution in [0.4, 0.5) is 4.39 Å². The van der Waals surface area contributed by atoms with Crippen LogP contribution in [0.2, 0.25) is 0 Å². The Kier molecular flexibility index (Phi) is 5.64. The van der Waals surface area contributed by atoms with Crippen molar-refractivity contribution in [1.82, 2.24) is 0 Å². The maximum atomic E-state index is 12.7. The molecule has 0 radical (unpaired) electrons. The van der Waals surface area contributed by atoms with Crippen LogP contribution < -0.4 is 9.64 Å². The first-order valence-corrected chi connectivity index (χ1v) is 7.46. The molecule has 0 bridgehead atoms. The molecule has 0 aromatic heterocycles. The van der Waals surface area contributed by atoms with E-state index in [0.717, 1.165) is 24.7 Å². The summed E-state index contributed by atoms with van der Waals surface area (Å²) in [4.78, 5) is 1.75. The zero-order valence-corrected chi connectivity index (χ0v) is 11.8. The van der Waals surface area contributed by atoms with Crippen LogP contribution in [0.15, 0.2) is 24.3 Å². The number of ether oxygens (including phenoxy) is 1. The molecular weight excluding hydrogens is 241 g/mol. The first kappa shape index (κ1) is 14.3. The Balaban J connectivity index is 1.53. The number of hydrogen-bond acceptors (Lipinski definition) is 1. The number of rotatable bonds is 6. The normalized spacial score (nSPS) is 23.3. The summed E-state index contributed by atoms with van der Waals surface area (Å²) in [5.74, 6) is 1.47. The smallest absolute Gasteiger partial charge is 0.123 e. The number of halogens is 1. The van der Waals surface area contributed by atoms with E-state index in [2.05, 4.69) is 6.92 Å². The standard InChI is InChI=1S/C16H24FNO/c1-14-8-11-18(12-9-14)10-2-3-13-19-16-6-4-15(17)5-7-16/h4-7,14H,2-3,8-13H2,1H3/p+1. The van der Waals surface area contributed by atoms with Crippen molar-refractivity contribution in [2.75, 3.05) is 26.2 Å². The van der Waals surface area contributed by atoms with E-state index in [0.29, 0.717) is 0 Å². The molecule has 1 aliphatic rings. The molecule has 2 rings (SSSR count). The van der Waals surface area contributed by atoms with Gasteiger partial charge in [0.05, 0.1) is 26.2 Å². The summed E-state index contributed by atoms with van der Waals surface area (Å²) in [5, 5.41) is 0. The van der Waals surface area contributed by atoms with Crippen LogP contribution in [0.5, 0.6) is 5.75 Å². The maximum absolute atomic E-state index is 12.7. The van der Waals surface area contributed by atoms with E-state index in [4.69, 9.17) is 4.74 Å². The van der Waals surface area contributed by atoms with Gasteiger partial charge in [-0.05, 0) is 55.9 Å². The van der Waals surface area contributed by atoms with Gasteiger partial charge >= 0.3 is 0 Å². The summed E-state index contributed by atoms with van der Waals surface area (Å²) < 4.78 is 18.3. The van der Waals surface area contributed by atoms with Gasteiger partial charge in [-0.1, -0.05) is 6.92 Å². The van der Waals surface area contributed by atoms with E-state index in [1.54, 1.807) is 17.0 Å². The van der Waals surface area contributed by atoms with Gasteiger partial charge in [0.25, 0.3) is 0 Å². The molecular formula is C16H25FNO+. The Morgan fingerprint density at radius 2 is 1.84 bits per heavy atom. The summed E-state index contributed by atoms with van der Waals surface area (Å²) in [7, 11) is 0. The van der Waals surface area contributed by atoms with Crippen molar-refractivity contribution in [2.24, 2.45) is 5.92 Å². The van der Waals surface area contributed by atoms with Gasteiger partial charge in [0.1, 0.15) is 11.6 Å². The van der Waals surface area contributed by atoms with Crippen molar-refractivity contribution in [2.45, 2.75) is 32.6 Å². The van der Waals surface area contributed by atoms with Crippen LogP contribution in [0.25, 0.3) is 0 Å². The number of hydrogen-bond donors (Lipinski definition) is 1. The molecule has 19 heavy (non-hydrogen) atoms. The summed E-state index contributed by atoms with van der Waals surface area (Å²) in [6, 6.07) is 6.25. The molecule has 1 fully saturated rings. The molecule has 0 atom stereocenters. The molecule has 0 amide bonds. The topological polar surface area (TPSA) is 13.7 Å². The molecule has 1 aromatic rings. The second-order valence-electron chi connectivity index (χ2n) is 5.69. The van der Waals surface area contributed by atoms with Crippen LogP contribution >= 0.6 is 0 Å². The number of quaternary nitrogens is 1. The minimum atomic E-state index is -0.213. The highest BCUT2D eigenvalue weighted by Gasteiger charge is 2.17. The maximum Gasteiger partial charge on any atom is 0.123 e. The molecule has 1 N–H and O–H groups in total. The van der Waals surface area contributed by atoms with Crippen molar-refractivity contribution in [3.63, 3.8) is 0 Å². The van der Waals surface area contributed by atoms with Gasteiger partial charge in [-0.2, -0.15) is 0 Å². The average Bonchev–Trinajstić information content (AvgIpc) is 2.43. The van der Waals surface area contributed by atoms with Gasteiger partial charge in [-0.3, -0.25) is 0 Å². The Hall–Kier alpha value is -1.09. The molecule has 0 aliphatic carbocycles.